The van der Waals surface area contributed by atoms with Crippen LogP contribution in [0.3, 0.4) is 0 Å². The Morgan fingerprint density at radius 1 is 1.03 bits per heavy atom. The Hall–Kier alpha value is -2.31. The molecule has 0 N–H and O–H groups in total. The number of halogens is 1. The van der Waals surface area contributed by atoms with Crippen LogP contribution in [0.5, 0.6) is 0 Å². The van der Waals surface area contributed by atoms with E-state index in [-0.39, 0.29) is 11.7 Å². The summed E-state index contributed by atoms with van der Waals surface area (Å²) >= 11 is 1.59. The standard InChI is InChI=1S/C23H26FN3OS/c1-25-14-19(21-4-2-3-5-22(21)25)15-26-10-12-27(13-11-26)23(28)17-29-16-18-6-8-20(24)9-7-18/h2-9,14H,10-13,15-17H2,1H3. The van der Waals surface area contributed by atoms with Gasteiger partial charge in [-0.1, -0.05) is 30.3 Å². The Morgan fingerprint density at radius 3 is 2.52 bits per heavy atom. The van der Waals surface area contributed by atoms with Crippen molar-refractivity contribution in [3.05, 3.63) is 71.7 Å². The maximum atomic E-state index is 13.0. The number of piperazine rings is 1. The zero-order valence-electron chi connectivity index (χ0n) is 16.7. The molecule has 0 bridgehead atoms. The first kappa shape index (κ1) is 20.0. The first-order chi connectivity index (χ1) is 14.1. The van der Waals surface area contributed by atoms with Crippen LogP contribution in [-0.2, 0) is 24.1 Å². The average molecular weight is 412 g/mol. The second-order valence-electron chi connectivity index (χ2n) is 7.56. The summed E-state index contributed by atoms with van der Waals surface area (Å²) in [4.78, 5) is 16.9. The summed E-state index contributed by atoms with van der Waals surface area (Å²) in [5, 5.41) is 1.31. The lowest BCUT2D eigenvalue weighted by molar-refractivity contribution is -0.130. The van der Waals surface area contributed by atoms with Crippen LogP contribution < -0.4 is 0 Å². The third-order valence-corrected chi connectivity index (χ3v) is 6.49. The Labute approximate surface area is 175 Å². The minimum Gasteiger partial charge on any atom is -0.350 e. The van der Waals surface area contributed by atoms with Crippen LogP contribution in [0.4, 0.5) is 4.39 Å². The van der Waals surface area contributed by atoms with Crippen molar-refractivity contribution in [3.63, 3.8) is 0 Å². The molecule has 2 aromatic carbocycles. The van der Waals surface area contributed by atoms with Gasteiger partial charge in [0.15, 0.2) is 0 Å². The number of amides is 1. The largest absolute Gasteiger partial charge is 0.350 e. The summed E-state index contributed by atoms with van der Waals surface area (Å²) in [6.45, 7) is 4.28. The predicted octanol–water partition coefficient (Wildman–Crippen LogP) is 3.90. The number of para-hydroxylation sites is 1. The highest BCUT2D eigenvalue weighted by molar-refractivity contribution is 7.99. The summed E-state index contributed by atoms with van der Waals surface area (Å²) in [5.74, 6) is 1.17. The van der Waals surface area contributed by atoms with Gasteiger partial charge in [-0.25, -0.2) is 4.39 Å². The Bertz CT molecular complexity index is 977. The van der Waals surface area contributed by atoms with E-state index in [1.165, 1.54) is 28.6 Å². The number of aromatic nitrogens is 1. The number of fused-ring (bicyclic) bond motifs is 1. The summed E-state index contributed by atoms with van der Waals surface area (Å²) in [5.41, 5.74) is 3.65. The quantitative estimate of drug-likeness (QED) is 0.616. The Morgan fingerprint density at radius 2 is 1.76 bits per heavy atom. The van der Waals surface area contributed by atoms with E-state index in [1.807, 2.05) is 4.90 Å². The second-order valence-corrected chi connectivity index (χ2v) is 8.54. The molecule has 1 aliphatic heterocycles. The van der Waals surface area contributed by atoms with Crippen molar-refractivity contribution in [3.8, 4) is 0 Å². The van der Waals surface area contributed by atoms with E-state index in [1.54, 1.807) is 23.9 Å². The molecule has 0 spiro atoms. The minimum atomic E-state index is -0.226. The summed E-state index contributed by atoms with van der Waals surface area (Å²) in [6, 6.07) is 15.0. The van der Waals surface area contributed by atoms with Crippen LogP contribution in [0.15, 0.2) is 54.7 Å². The van der Waals surface area contributed by atoms with Gasteiger partial charge in [-0.15, -0.1) is 11.8 Å². The normalized spacial score (nSPS) is 15.2. The molecular weight excluding hydrogens is 385 g/mol. The molecule has 1 saturated heterocycles. The van der Waals surface area contributed by atoms with E-state index in [0.29, 0.717) is 5.75 Å². The summed E-state index contributed by atoms with van der Waals surface area (Å²) < 4.78 is 15.1. The van der Waals surface area contributed by atoms with Crippen LogP contribution in [-0.4, -0.2) is 52.2 Å². The summed E-state index contributed by atoms with van der Waals surface area (Å²) in [7, 11) is 2.09. The number of benzene rings is 2. The predicted molar refractivity (Wildman–Crippen MR) is 117 cm³/mol. The molecule has 1 fully saturated rings. The monoisotopic (exact) mass is 411 g/mol. The molecule has 4 rings (SSSR count). The van der Waals surface area contributed by atoms with E-state index >= 15 is 0 Å². The average Bonchev–Trinajstić information content (AvgIpc) is 3.06. The highest BCUT2D eigenvalue weighted by Crippen LogP contribution is 2.22. The topological polar surface area (TPSA) is 28.5 Å². The molecule has 1 aromatic heterocycles. The van der Waals surface area contributed by atoms with Gasteiger partial charge >= 0.3 is 0 Å². The van der Waals surface area contributed by atoms with Crippen molar-refractivity contribution in [1.82, 2.24) is 14.4 Å². The number of thioether (sulfide) groups is 1. The minimum absolute atomic E-state index is 0.196. The number of carbonyl (C=O) groups excluding carboxylic acids is 1. The first-order valence-electron chi connectivity index (χ1n) is 9.95. The lowest BCUT2D eigenvalue weighted by Gasteiger charge is -2.34. The SMILES string of the molecule is Cn1cc(CN2CCN(C(=O)CSCc3ccc(F)cc3)CC2)c2ccccc21. The number of carbonyl (C=O) groups is 1. The van der Waals surface area contributed by atoms with Crippen molar-refractivity contribution in [2.75, 3.05) is 31.9 Å². The van der Waals surface area contributed by atoms with Crippen LogP contribution in [0.2, 0.25) is 0 Å². The van der Waals surface area contributed by atoms with Gasteiger partial charge in [-0.3, -0.25) is 9.69 Å². The molecule has 6 heteroatoms. The van der Waals surface area contributed by atoms with Gasteiger partial charge in [-0.05, 0) is 29.3 Å². The van der Waals surface area contributed by atoms with Gasteiger partial charge in [-0.2, -0.15) is 0 Å². The highest BCUT2D eigenvalue weighted by atomic mass is 32.2. The smallest absolute Gasteiger partial charge is 0.232 e. The molecule has 1 aliphatic rings. The second kappa shape index (κ2) is 9.01. The molecular formula is C23H26FN3OS. The highest BCUT2D eigenvalue weighted by Gasteiger charge is 2.21. The zero-order valence-corrected chi connectivity index (χ0v) is 17.5. The van der Waals surface area contributed by atoms with Gasteiger partial charge in [0.05, 0.1) is 5.75 Å². The summed E-state index contributed by atoms with van der Waals surface area (Å²) in [6.07, 6.45) is 2.22. The zero-order chi connectivity index (χ0) is 20.2. The van der Waals surface area contributed by atoms with Crippen molar-refractivity contribution in [2.24, 2.45) is 7.05 Å². The van der Waals surface area contributed by atoms with Crippen LogP contribution in [0.25, 0.3) is 10.9 Å². The lowest BCUT2D eigenvalue weighted by atomic mass is 10.1. The molecule has 152 valence electrons. The molecule has 29 heavy (non-hydrogen) atoms. The number of rotatable bonds is 6. The molecule has 0 atom stereocenters. The molecule has 4 nitrogen and oxygen atoms in total. The maximum Gasteiger partial charge on any atom is 0.232 e. The molecule has 3 aromatic rings. The molecule has 1 amide bonds. The maximum absolute atomic E-state index is 13.0. The van der Waals surface area contributed by atoms with E-state index in [9.17, 15) is 9.18 Å². The van der Waals surface area contributed by atoms with E-state index in [0.717, 1.165) is 44.0 Å². The van der Waals surface area contributed by atoms with Gasteiger partial charge in [0.1, 0.15) is 5.82 Å². The van der Waals surface area contributed by atoms with Crippen molar-refractivity contribution in [2.45, 2.75) is 12.3 Å². The van der Waals surface area contributed by atoms with Crippen molar-refractivity contribution < 1.29 is 9.18 Å². The fraction of sp³-hybridized carbons (Fsp3) is 0.348. The third-order valence-electron chi connectivity index (χ3n) is 5.51. The van der Waals surface area contributed by atoms with Gasteiger partial charge in [0, 0.05) is 62.6 Å². The van der Waals surface area contributed by atoms with Crippen molar-refractivity contribution >= 4 is 28.6 Å². The molecule has 0 unspecified atom stereocenters. The fourth-order valence-corrected chi connectivity index (χ4v) is 4.76. The van der Waals surface area contributed by atoms with Gasteiger partial charge in [0.2, 0.25) is 5.91 Å². The molecule has 2 heterocycles. The first-order valence-corrected chi connectivity index (χ1v) is 11.1. The van der Waals surface area contributed by atoms with E-state index in [4.69, 9.17) is 0 Å². The van der Waals surface area contributed by atoms with Crippen LogP contribution in [0, 0.1) is 5.82 Å². The van der Waals surface area contributed by atoms with E-state index in [2.05, 4.69) is 47.0 Å². The third kappa shape index (κ3) is 4.82. The molecule has 0 radical (unpaired) electrons. The van der Waals surface area contributed by atoms with Crippen LogP contribution >= 0.6 is 11.8 Å². The van der Waals surface area contributed by atoms with Gasteiger partial charge < -0.3 is 9.47 Å². The van der Waals surface area contributed by atoms with Crippen molar-refractivity contribution in [1.29, 1.82) is 0 Å². The number of nitrogens with zero attached hydrogens (tertiary/aromatic N) is 3. The van der Waals surface area contributed by atoms with Crippen LogP contribution in [0.1, 0.15) is 11.1 Å². The number of aryl methyl sites for hydroxylation is 1. The lowest BCUT2D eigenvalue weighted by Crippen LogP contribution is -2.48. The number of hydrogen-bond donors (Lipinski definition) is 0. The Balaban J connectivity index is 1.24. The molecule has 0 saturated carbocycles. The van der Waals surface area contributed by atoms with E-state index < -0.39 is 0 Å². The number of hydrogen-bond acceptors (Lipinski definition) is 3. The van der Waals surface area contributed by atoms with Gasteiger partial charge in [0.25, 0.3) is 0 Å². The molecule has 0 aliphatic carbocycles. The Kier molecular flexibility index (Phi) is 6.21. The fourth-order valence-electron chi connectivity index (χ4n) is 3.88.